The summed E-state index contributed by atoms with van der Waals surface area (Å²) in [7, 11) is -26.6. The van der Waals surface area contributed by atoms with E-state index in [0.717, 1.165) is 6.07 Å². The molecule has 0 saturated carbocycles. The molecule has 0 heterocycles. The number of nitrogen functional groups attached to an aromatic ring is 2. The molecule has 0 atom stereocenters. The van der Waals surface area contributed by atoms with Crippen molar-refractivity contribution in [2.75, 3.05) is 11.5 Å². The van der Waals surface area contributed by atoms with Gasteiger partial charge in [-0.05, 0) is 35.7 Å². The Morgan fingerprint density at radius 3 is 1.60 bits per heavy atom. The van der Waals surface area contributed by atoms with Gasteiger partial charge < -0.3 is 16.6 Å². The van der Waals surface area contributed by atoms with Crippen LogP contribution in [0.4, 0.5) is 34.1 Å². The van der Waals surface area contributed by atoms with Gasteiger partial charge in [-0.1, -0.05) is 30.3 Å². The van der Waals surface area contributed by atoms with Crippen molar-refractivity contribution in [1.82, 2.24) is 0 Å². The van der Waals surface area contributed by atoms with E-state index in [9.17, 15) is 70.0 Å². The molecule has 0 aliphatic rings. The fourth-order valence-electron chi connectivity index (χ4n) is 4.97. The Balaban J connectivity index is 1.84. The molecular formula is C26H20N6O16S5. The lowest BCUT2D eigenvalue weighted by Crippen LogP contribution is -2.07. The third-order valence-electron chi connectivity index (χ3n) is 7.16. The summed E-state index contributed by atoms with van der Waals surface area (Å²) in [5.74, 6) is -1.43. The minimum absolute atomic E-state index is 0.00603. The van der Waals surface area contributed by atoms with Gasteiger partial charge in [0.15, 0.2) is 5.75 Å². The van der Waals surface area contributed by atoms with Gasteiger partial charge in [-0.3, -0.25) is 22.8 Å². The minimum Gasteiger partial charge on any atom is -0.505 e. The molecule has 0 amide bonds. The van der Waals surface area contributed by atoms with E-state index in [1.807, 2.05) is 0 Å². The number of azo groups is 2. The largest absolute Gasteiger partial charge is 0.505 e. The van der Waals surface area contributed by atoms with E-state index < -0.39 is 126 Å². The Morgan fingerprint density at radius 2 is 1.04 bits per heavy atom. The van der Waals surface area contributed by atoms with Crippen molar-refractivity contribution in [2.45, 2.75) is 24.5 Å². The first-order valence-electron chi connectivity index (χ1n) is 13.5. The molecule has 5 rings (SSSR count). The number of hydrogen-bond acceptors (Lipinski definition) is 17. The molecule has 280 valence electrons. The smallest absolute Gasteiger partial charge is 0.297 e. The zero-order chi connectivity index (χ0) is 39.6. The summed E-state index contributed by atoms with van der Waals surface area (Å²) in [5.41, 5.74) is 6.50. The number of nitrogens with zero attached hydrogens (tertiary/aromatic N) is 4. The molecule has 22 nitrogen and oxygen atoms in total. The number of phenolic OH excluding ortho intramolecular Hbond substituents is 1. The molecule has 0 unspecified atom stereocenters. The van der Waals surface area contributed by atoms with Crippen molar-refractivity contribution < 1.29 is 70.0 Å². The van der Waals surface area contributed by atoms with E-state index in [4.69, 9.17) is 11.5 Å². The molecule has 0 bridgehead atoms. The van der Waals surface area contributed by atoms with E-state index in [-0.39, 0.29) is 11.5 Å². The lowest BCUT2D eigenvalue weighted by Gasteiger charge is -2.14. The maximum absolute atomic E-state index is 12.5. The molecular weight excluding hydrogens is 813 g/mol. The van der Waals surface area contributed by atoms with Crippen LogP contribution in [0.15, 0.2) is 106 Å². The second-order valence-corrected chi connectivity index (χ2v) is 17.5. The van der Waals surface area contributed by atoms with E-state index in [1.165, 1.54) is 24.3 Å². The predicted molar refractivity (Wildman–Crippen MR) is 182 cm³/mol. The number of phenols is 1. The minimum atomic E-state index is -5.55. The van der Waals surface area contributed by atoms with Gasteiger partial charge in [0.2, 0.25) is 0 Å². The second-order valence-electron chi connectivity index (χ2n) is 10.6. The molecule has 5 aromatic rings. The highest BCUT2D eigenvalue weighted by atomic mass is 32.2. The van der Waals surface area contributed by atoms with Gasteiger partial charge in [0.05, 0.1) is 16.8 Å². The summed E-state index contributed by atoms with van der Waals surface area (Å²) >= 11 is 0. The van der Waals surface area contributed by atoms with Crippen LogP contribution in [-0.4, -0.2) is 70.0 Å². The summed E-state index contributed by atoms with van der Waals surface area (Å²) in [4.78, 5) is -5.96. The molecule has 5 aromatic carbocycles. The van der Waals surface area contributed by atoms with Crippen LogP contribution in [0.1, 0.15) is 0 Å². The molecule has 53 heavy (non-hydrogen) atoms. The molecule has 0 fully saturated rings. The molecule has 27 heteroatoms. The number of hydrogen-bond donors (Lipinski definition) is 8. The Morgan fingerprint density at radius 1 is 0.491 bits per heavy atom. The fraction of sp³-hybridized carbons (Fsp3) is 0. The van der Waals surface area contributed by atoms with Crippen molar-refractivity contribution in [3.63, 3.8) is 0 Å². The zero-order valence-electron chi connectivity index (χ0n) is 25.5. The highest BCUT2D eigenvalue weighted by molar-refractivity contribution is 7.87. The molecule has 0 aromatic heterocycles. The van der Waals surface area contributed by atoms with Gasteiger partial charge in [0, 0.05) is 10.8 Å². The van der Waals surface area contributed by atoms with Gasteiger partial charge >= 0.3 is 0 Å². The Bertz CT molecular complexity index is 3060. The van der Waals surface area contributed by atoms with Crippen LogP contribution >= 0.6 is 0 Å². The van der Waals surface area contributed by atoms with Crippen LogP contribution in [0.5, 0.6) is 5.75 Å². The summed E-state index contributed by atoms with van der Waals surface area (Å²) in [6.07, 6.45) is 0. The van der Waals surface area contributed by atoms with Crippen molar-refractivity contribution in [1.29, 1.82) is 0 Å². The first kappa shape index (κ1) is 39.0. The maximum atomic E-state index is 12.5. The standard InChI is InChI=1S/C26H20N6O16S5/c27-14-8-16(20(51(40,41)42)10-19(14)50(37,38)39)30-32-24-21(52(43,44)45)7-13-18(49(34,35)36)9-17(23(28)22(13)25(24)33)31-29-15-6-5-11-3-1-2-4-12(11)26(15)53(46,47)48/h1-10,33H,27-28H2,(H,34,35,36)(H,37,38,39)(H,40,41,42)(H,43,44,45)(H,46,47,48). The average Bonchev–Trinajstić information content (AvgIpc) is 3.00. The van der Waals surface area contributed by atoms with Gasteiger partial charge in [-0.25, -0.2) is 0 Å². The van der Waals surface area contributed by atoms with Crippen LogP contribution in [0.25, 0.3) is 21.5 Å². The normalized spacial score (nSPS) is 13.5. The molecule has 0 spiro atoms. The summed E-state index contributed by atoms with van der Waals surface area (Å²) in [6, 6.07) is 9.83. The lowest BCUT2D eigenvalue weighted by molar-refractivity contribution is 0.471. The topological polar surface area (TPSA) is 394 Å². The van der Waals surface area contributed by atoms with Crippen LogP contribution in [0, 0.1) is 0 Å². The molecule has 10 N–H and O–H groups in total. The summed E-state index contributed by atoms with van der Waals surface area (Å²) in [5, 5.41) is 24.1. The number of fused-ring (bicyclic) bond motifs is 2. The van der Waals surface area contributed by atoms with Crippen LogP contribution in [0.2, 0.25) is 0 Å². The molecule has 0 aliphatic heterocycles. The highest BCUT2D eigenvalue weighted by Crippen LogP contribution is 2.49. The molecule has 0 aliphatic carbocycles. The number of rotatable bonds is 9. The van der Waals surface area contributed by atoms with Crippen LogP contribution in [-0.2, 0) is 50.6 Å². The summed E-state index contributed by atoms with van der Waals surface area (Å²) in [6.45, 7) is 0. The van der Waals surface area contributed by atoms with Crippen molar-refractivity contribution in [3.05, 3.63) is 60.7 Å². The fourth-order valence-corrected chi connectivity index (χ4v) is 8.48. The SMILES string of the molecule is Nc1cc(N=Nc2c(S(=O)(=O)O)cc3c(S(=O)(=O)O)cc(N=Nc4ccc5ccccc5c4S(=O)(=O)O)c(N)c3c2O)c(S(=O)(=O)O)cc1S(=O)(=O)O. The first-order valence-corrected chi connectivity index (χ1v) is 20.7. The number of aromatic hydroxyl groups is 1. The maximum Gasteiger partial charge on any atom is 0.297 e. The second kappa shape index (κ2) is 13.0. The third kappa shape index (κ3) is 7.64. The van der Waals surface area contributed by atoms with Gasteiger partial charge in [-0.2, -0.15) is 42.1 Å². The first-order chi connectivity index (χ1) is 24.2. The number of anilines is 2. The van der Waals surface area contributed by atoms with Gasteiger partial charge in [-0.15, -0.1) is 20.5 Å². The lowest BCUT2D eigenvalue weighted by atomic mass is 10.0. The van der Waals surface area contributed by atoms with Gasteiger partial charge in [0.1, 0.15) is 47.2 Å². The Kier molecular flexibility index (Phi) is 9.57. The summed E-state index contributed by atoms with van der Waals surface area (Å²) < 4.78 is 171. The molecule has 0 saturated heterocycles. The predicted octanol–water partition coefficient (Wildman–Crippen LogP) is 3.93. The number of benzene rings is 5. The average molecular weight is 833 g/mol. The quantitative estimate of drug-likeness (QED) is 0.0592. The zero-order valence-corrected chi connectivity index (χ0v) is 29.6. The molecule has 0 radical (unpaired) electrons. The Hall–Kier alpha value is -5.23. The van der Waals surface area contributed by atoms with E-state index in [1.54, 1.807) is 6.07 Å². The van der Waals surface area contributed by atoms with Crippen LogP contribution in [0.3, 0.4) is 0 Å². The Labute approximate surface area is 297 Å². The van der Waals surface area contributed by atoms with Gasteiger partial charge in [0.25, 0.3) is 50.6 Å². The number of nitrogens with two attached hydrogens (primary N) is 2. The van der Waals surface area contributed by atoms with E-state index in [0.29, 0.717) is 23.6 Å². The van der Waals surface area contributed by atoms with Crippen molar-refractivity contribution >= 4 is 106 Å². The monoisotopic (exact) mass is 832 g/mol. The van der Waals surface area contributed by atoms with Crippen molar-refractivity contribution in [2.24, 2.45) is 20.5 Å². The van der Waals surface area contributed by atoms with Crippen molar-refractivity contribution in [3.8, 4) is 5.75 Å². The highest BCUT2D eigenvalue weighted by Gasteiger charge is 2.30. The van der Waals surface area contributed by atoms with E-state index >= 15 is 0 Å². The van der Waals surface area contributed by atoms with Crippen LogP contribution < -0.4 is 11.5 Å². The third-order valence-corrected chi connectivity index (χ3v) is 11.7. The van der Waals surface area contributed by atoms with E-state index in [2.05, 4.69) is 20.5 Å².